The number of nitrogens with zero attached hydrogens (tertiary/aromatic N) is 1. The van der Waals surface area contributed by atoms with Crippen molar-refractivity contribution < 1.29 is 9.47 Å². The molecule has 1 unspecified atom stereocenters. The number of aryl methyl sites for hydroxylation is 1. The summed E-state index contributed by atoms with van der Waals surface area (Å²) in [6.45, 7) is 4.41. The number of rotatable bonds is 5. The molecule has 1 fully saturated rings. The first-order chi connectivity index (χ1) is 9.67. The van der Waals surface area contributed by atoms with Gasteiger partial charge < -0.3 is 15.2 Å². The van der Waals surface area contributed by atoms with Crippen LogP contribution >= 0.6 is 0 Å². The zero-order valence-electron chi connectivity index (χ0n) is 12.8. The number of ether oxygens (including phenoxy) is 2. The Morgan fingerprint density at radius 3 is 2.65 bits per heavy atom. The number of likely N-dealkylation sites (N-methyl/N-ethyl adjacent to an activating group) is 1. The fourth-order valence-corrected chi connectivity index (χ4v) is 2.99. The second kappa shape index (κ2) is 7.07. The van der Waals surface area contributed by atoms with E-state index in [0.29, 0.717) is 12.6 Å². The number of hydrogen-bond donors (Lipinski definition) is 1. The Morgan fingerprint density at radius 1 is 1.40 bits per heavy atom. The van der Waals surface area contributed by atoms with Gasteiger partial charge >= 0.3 is 0 Å². The summed E-state index contributed by atoms with van der Waals surface area (Å²) in [5.74, 6) is 0.929. The van der Waals surface area contributed by atoms with Gasteiger partial charge in [-0.05, 0) is 44.0 Å². The van der Waals surface area contributed by atoms with Gasteiger partial charge in [-0.15, -0.1) is 0 Å². The van der Waals surface area contributed by atoms with E-state index < -0.39 is 0 Å². The Labute approximate surface area is 121 Å². The van der Waals surface area contributed by atoms with Crippen molar-refractivity contribution in [3.8, 4) is 5.75 Å². The highest BCUT2D eigenvalue weighted by atomic mass is 16.5. The molecular weight excluding hydrogens is 252 g/mol. The fourth-order valence-electron chi connectivity index (χ4n) is 2.99. The normalized spacial score (nSPS) is 18.2. The summed E-state index contributed by atoms with van der Waals surface area (Å²) in [7, 11) is 3.88. The average Bonchev–Trinajstić information content (AvgIpc) is 2.49. The number of hydrogen-bond acceptors (Lipinski definition) is 4. The summed E-state index contributed by atoms with van der Waals surface area (Å²) in [6.07, 6.45) is 2.17. The lowest BCUT2D eigenvalue weighted by Gasteiger charge is -2.37. The highest BCUT2D eigenvalue weighted by molar-refractivity contribution is 5.37. The quantitative estimate of drug-likeness (QED) is 0.896. The van der Waals surface area contributed by atoms with Crippen LogP contribution < -0.4 is 10.5 Å². The smallest absolute Gasteiger partial charge is 0.121 e. The molecule has 20 heavy (non-hydrogen) atoms. The van der Waals surface area contributed by atoms with Crippen molar-refractivity contribution in [3.63, 3.8) is 0 Å². The average molecular weight is 278 g/mol. The van der Waals surface area contributed by atoms with Crippen LogP contribution in [0.3, 0.4) is 0 Å². The molecule has 0 radical (unpaired) electrons. The molecule has 2 N–H and O–H groups in total. The van der Waals surface area contributed by atoms with E-state index in [1.54, 1.807) is 7.11 Å². The Hall–Kier alpha value is -1.10. The maximum Gasteiger partial charge on any atom is 0.121 e. The Bertz CT molecular complexity index is 430. The predicted molar refractivity (Wildman–Crippen MR) is 81.1 cm³/mol. The number of benzene rings is 1. The minimum Gasteiger partial charge on any atom is -0.496 e. The summed E-state index contributed by atoms with van der Waals surface area (Å²) in [6, 6.07) is 7.15. The number of nitrogens with two attached hydrogens (primary N) is 1. The molecule has 0 amide bonds. The van der Waals surface area contributed by atoms with Gasteiger partial charge in [0.05, 0.1) is 7.11 Å². The van der Waals surface area contributed by atoms with Gasteiger partial charge in [0.25, 0.3) is 0 Å². The molecule has 0 saturated carbocycles. The van der Waals surface area contributed by atoms with Gasteiger partial charge in [0, 0.05) is 31.8 Å². The lowest BCUT2D eigenvalue weighted by molar-refractivity contribution is 0.0294. The van der Waals surface area contributed by atoms with Gasteiger partial charge in [-0.2, -0.15) is 0 Å². The van der Waals surface area contributed by atoms with Crippen LogP contribution in [-0.2, 0) is 4.74 Å². The molecule has 1 aliphatic heterocycles. The molecule has 1 atom stereocenters. The fraction of sp³-hybridized carbons (Fsp3) is 0.625. The van der Waals surface area contributed by atoms with E-state index >= 15 is 0 Å². The molecule has 1 heterocycles. The van der Waals surface area contributed by atoms with E-state index in [1.807, 2.05) is 6.07 Å². The first-order valence-electron chi connectivity index (χ1n) is 7.31. The predicted octanol–water partition coefficient (Wildman–Crippen LogP) is 2.11. The van der Waals surface area contributed by atoms with Gasteiger partial charge in [0.1, 0.15) is 5.75 Å². The van der Waals surface area contributed by atoms with Crippen molar-refractivity contribution >= 4 is 0 Å². The van der Waals surface area contributed by atoms with E-state index in [2.05, 4.69) is 31.0 Å². The molecule has 112 valence electrons. The molecule has 4 nitrogen and oxygen atoms in total. The van der Waals surface area contributed by atoms with Crippen LogP contribution in [-0.4, -0.2) is 44.9 Å². The monoisotopic (exact) mass is 278 g/mol. The second-order valence-corrected chi connectivity index (χ2v) is 5.49. The van der Waals surface area contributed by atoms with Gasteiger partial charge in [-0.1, -0.05) is 12.1 Å². The highest BCUT2D eigenvalue weighted by Crippen LogP contribution is 2.28. The molecule has 0 aromatic heterocycles. The zero-order chi connectivity index (χ0) is 14.5. The molecule has 1 aromatic rings. The summed E-state index contributed by atoms with van der Waals surface area (Å²) < 4.78 is 10.8. The van der Waals surface area contributed by atoms with E-state index in [-0.39, 0.29) is 6.04 Å². The van der Waals surface area contributed by atoms with Gasteiger partial charge in [-0.3, -0.25) is 4.90 Å². The minimum atomic E-state index is 0.253. The molecule has 0 aliphatic carbocycles. The topological polar surface area (TPSA) is 47.7 Å². The van der Waals surface area contributed by atoms with E-state index in [1.165, 1.54) is 5.56 Å². The first-order valence-corrected chi connectivity index (χ1v) is 7.31. The third-order valence-electron chi connectivity index (χ3n) is 4.29. The summed E-state index contributed by atoms with van der Waals surface area (Å²) in [5.41, 5.74) is 8.45. The van der Waals surface area contributed by atoms with Crippen LogP contribution in [0.25, 0.3) is 0 Å². The van der Waals surface area contributed by atoms with Gasteiger partial charge in [0.2, 0.25) is 0 Å². The van der Waals surface area contributed by atoms with Crippen LogP contribution in [0.2, 0.25) is 0 Å². The van der Waals surface area contributed by atoms with E-state index in [9.17, 15) is 0 Å². The van der Waals surface area contributed by atoms with Crippen molar-refractivity contribution in [2.24, 2.45) is 5.73 Å². The third kappa shape index (κ3) is 3.32. The second-order valence-electron chi connectivity index (χ2n) is 5.49. The molecule has 1 saturated heterocycles. The van der Waals surface area contributed by atoms with Gasteiger partial charge in [-0.25, -0.2) is 0 Å². The van der Waals surface area contributed by atoms with Crippen molar-refractivity contribution in [1.29, 1.82) is 0 Å². The zero-order valence-corrected chi connectivity index (χ0v) is 12.8. The van der Waals surface area contributed by atoms with Crippen molar-refractivity contribution in [1.82, 2.24) is 4.90 Å². The molecule has 0 spiro atoms. The molecular formula is C16H26N2O2. The summed E-state index contributed by atoms with van der Waals surface area (Å²) >= 11 is 0. The Balaban J connectivity index is 2.16. The SMILES string of the molecule is COc1ccc(C(CN)N(C)C2CCOCC2)cc1C. The lowest BCUT2D eigenvalue weighted by Crippen LogP contribution is -2.41. The van der Waals surface area contributed by atoms with Crippen LogP contribution in [0.1, 0.15) is 30.0 Å². The highest BCUT2D eigenvalue weighted by Gasteiger charge is 2.25. The Morgan fingerprint density at radius 2 is 2.10 bits per heavy atom. The van der Waals surface area contributed by atoms with E-state index in [4.69, 9.17) is 15.2 Å². The van der Waals surface area contributed by atoms with Crippen molar-refractivity contribution in [2.45, 2.75) is 31.8 Å². The van der Waals surface area contributed by atoms with E-state index in [0.717, 1.165) is 37.4 Å². The van der Waals surface area contributed by atoms with Crippen molar-refractivity contribution in [3.05, 3.63) is 29.3 Å². The maximum absolute atomic E-state index is 6.03. The minimum absolute atomic E-state index is 0.253. The Kier molecular flexibility index (Phi) is 5.40. The van der Waals surface area contributed by atoms with Crippen LogP contribution in [0, 0.1) is 6.92 Å². The first kappa shape index (κ1) is 15.3. The van der Waals surface area contributed by atoms with Crippen LogP contribution in [0.15, 0.2) is 18.2 Å². The molecule has 2 rings (SSSR count). The van der Waals surface area contributed by atoms with Crippen LogP contribution in [0.4, 0.5) is 0 Å². The van der Waals surface area contributed by atoms with Crippen LogP contribution in [0.5, 0.6) is 5.75 Å². The number of methoxy groups -OCH3 is 1. The van der Waals surface area contributed by atoms with Gasteiger partial charge in [0.15, 0.2) is 0 Å². The molecule has 0 bridgehead atoms. The largest absolute Gasteiger partial charge is 0.496 e. The molecule has 1 aromatic carbocycles. The lowest BCUT2D eigenvalue weighted by atomic mass is 9.99. The standard InChI is InChI=1S/C16H26N2O2/c1-12-10-13(4-5-16(12)19-3)15(11-17)18(2)14-6-8-20-9-7-14/h4-5,10,14-15H,6-9,11,17H2,1-3H3. The molecule has 1 aliphatic rings. The molecule has 4 heteroatoms. The summed E-state index contributed by atoms with van der Waals surface area (Å²) in [5, 5.41) is 0. The maximum atomic E-state index is 6.03. The van der Waals surface area contributed by atoms with Crippen molar-refractivity contribution in [2.75, 3.05) is 33.9 Å². The third-order valence-corrected chi connectivity index (χ3v) is 4.29. The summed E-state index contributed by atoms with van der Waals surface area (Å²) in [4.78, 5) is 2.41.